The lowest BCUT2D eigenvalue weighted by atomic mass is 10.2. The maximum absolute atomic E-state index is 11.3. The Bertz CT molecular complexity index is 734. The first-order valence-electron chi connectivity index (χ1n) is 11.4. The van der Waals surface area contributed by atoms with Gasteiger partial charge < -0.3 is 26.0 Å². The van der Waals surface area contributed by atoms with Crippen LogP contribution in [0.1, 0.15) is 65.2 Å². The van der Waals surface area contributed by atoms with Crippen LogP contribution in [-0.4, -0.2) is 46.5 Å². The van der Waals surface area contributed by atoms with Crippen LogP contribution in [0.4, 0.5) is 17.1 Å². The van der Waals surface area contributed by atoms with Crippen molar-refractivity contribution in [3.63, 3.8) is 0 Å². The van der Waals surface area contributed by atoms with Gasteiger partial charge in [0.2, 0.25) is 0 Å². The zero-order valence-corrected chi connectivity index (χ0v) is 20.8. The van der Waals surface area contributed by atoms with Gasteiger partial charge in [0.05, 0.1) is 22.9 Å². The van der Waals surface area contributed by atoms with Crippen molar-refractivity contribution in [1.82, 2.24) is 10.6 Å². The number of benzene rings is 1. The predicted molar refractivity (Wildman–Crippen MR) is 141 cm³/mol. The van der Waals surface area contributed by atoms with Crippen molar-refractivity contribution in [1.29, 1.82) is 0 Å². The van der Waals surface area contributed by atoms with Crippen LogP contribution in [0.3, 0.4) is 0 Å². The minimum absolute atomic E-state index is 0.0515. The van der Waals surface area contributed by atoms with Crippen LogP contribution in [0, 0.1) is 10.1 Å². The molecule has 1 rings (SSSR count). The molecule has 0 amide bonds. The summed E-state index contributed by atoms with van der Waals surface area (Å²) in [6.07, 6.45) is 8.91. The number of nitrogens with zero attached hydrogens (tertiary/aromatic N) is 2. The molecule has 10 heteroatoms. The molecular formula is C22H37N5O3S2. The fraction of sp³-hybridized carbons (Fsp3) is 0.636. The van der Waals surface area contributed by atoms with Crippen LogP contribution < -0.4 is 20.9 Å². The van der Waals surface area contributed by atoms with E-state index in [1.807, 2.05) is 0 Å². The molecule has 1 aromatic rings. The highest BCUT2D eigenvalue weighted by Gasteiger charge is 2.19. The second kappa shape index (κ2) is 16.6. The average molecular weight is 484 g/mol. The summed E-state index contributed by atoms with van der Waals surface area (Å²) in [7, 11) is 0. The molecule has 0 atom stereocenters. The van der Waals surface area contributed by atoms with Crippen LogP contribution in [0.25, 0.3) is 0 Å². The van der Waals surface area contributed by atoms with Crippen molar-refractivity contribution in [3.8, 4) is 0 Å². The standard InChI is InChI=1S/C22H37N5O3S2/c1-3-5-7-9-13-23-21(31)25-19-17-18(27(29)30)11-12-20(19)26(15-16-28)22(32)24-14-10-8-6-4-2/h11-12,17,28H,3-10,13-16H2,1-2H3,(H,24,32)(H2,23,25,31). The van der Waals surface area contributed by atoms with Gasteiger partial charge in [-0.05, 0) is 43.3 Å². The summed E-state index contributed by atoms with van der Waals surface area (Å²) in [6, 6.07) is 4.50. The van der Waals surface area contributed by atoms with E-state index in [9.17, 15) is 15.2 Å². The summed E-state index contributed by atoms with van der Waals surface area (Å²) >= 11 is 11.0. The van der Waals surface area contributed by atoms with E-state index >= 15 is 0 Å². The Morgan fingerprint density at radius 3 is 2.22 bits per heavy atom. The first-order chi connectivity index (χ1) is 15.4. The van der Waals surface area contributed by atoms with Crippen LogP contribution in [0.15, 0.2) is 18.2 Å². The summed E-state index contributed by atoms with van der Waals surface area (Å²) in [5, 5.41) is 31.2. The molecule has 0 spiro atoms. The largest absolute Gasteiger partial charge is 0.395 e. The third kappa shape index (κ3) is 10.5. The molecule has 0 aliphatic rings. The molecule has 32 heavy (non-hydrogen) atoms. The van der Waals surface area contributed by atoms with E-state index in [0.29, 0.717) is 21.6 Å². The number of nitro benzene ring substituents is 1. The van der Waals surface area contributed by atoms with Crippen LogP contribution >= 0.6 is 24.4 Å². The van der Waals surface area contributed by atoms with E-state index < -0.39 is 4.92 Å². The minimum Gasteiger partial charge on any atom is -0.395 e. The molecule has 0 heterocycles. The summed E-state index contributed by atoms with van der Waals surface area (Å²) in [5.74, 6) is 0. The Morgan fingerprint density at radius 1 is 1.03 bits per heavy atom. The molecule has 0 radical (unpaired) electrons. The van der Waals surface area contributed by atoms with Gasteiger partial charge in [-0.2, -0.15) is 0 Å². The summed E-state index contributed by atoms with van der Waals surface area (Å²) in [4.78, 5) is 12.6. The summed E-state index contributed by atoms with van der Waals surface area (Å²) < 4.78 is 0. The molecule has 180 valence electrons. The lowest BCUT2D eigenvalue weighted by Gasteiger charge is -2.27. The van der Waals surface area contributed by atoms with Crippen molar-refractivity contribution in [2.45, 2.75) is 65.2 Å². The minimum atomic E-state index is -0.448. The number of nitrogens with one attached hydrogen (secondary N) is 3. The number of rotatable bonds is 15. The molecule has 0 unspecified atom stereocenters. The number of anilines is 2. The Labute approximate surface area is 202 Å². The molecule has 4 N–H and O–H groups in total. The fourth-order valence-corrected chi connectivity index (χ4v) is 3.67. The second-order valence-electron chi connectivity index (χ2n) is 7.57. The molecule has 0 saturated heterocycles. The van der Waals surface area contributed by atoms with Gasteiger partial charge >= 0.3 is 0 Å². The Morgan fingerprint density at radius 2 is 1.66 bits per heavy atom. The van der Waals surface area contributed by atoms with E-state index in [1.54, 1.807) is 11.0 Å². The van der Waals surface area contributed by atoms with Crippen molar-refractivity contribution in [3.05, 3.63) is 28.3 Å². The quantitative estimate of drug-likeness (QED) is 0.122. The number of aliphatic hydroxyl groups excluding tert-OH is 1. The molecule has 0 aliphatic heterocycles. The molecule has 8 nitrogen and oxygen atoms in total. The van der Waals surface area contributed by atoms with Crippen molar-refractivity contribution < 1.29 is 10.0 Å². The zero-order chi connectivity index (χ0) is 23.8. The molecule has 0 saturated carbocycles. The number of unbranched alkanes of at least 4 members (excludes halogenated alkanes) is 6. The van der Waals surface area contributed by atoms with Crippen LogP contribution in [0.2, 0.25) is 0 Å². The van der Waals surface area contributed by atoms with Crippen LogP contribution in [0.5, 0.6) is 0 Å². The van der Waals surface area contributed by atoms with Crippen LogP contribution in [-0.2, 0) is 0 Å². The van der Waals surface area contributed by atoms with Crippen molar-refractivity contribution in [2.24, 2.45) is 0 Å². The number of hydrogen-bond acceptors (Lipinski definition) is 5. The average Bonchev–Trinajstić information content (AvgIpc) is 2.77. The number of non-ortho nitro benzene ring substituents is 1. The van der Waals surface area contributed by atoms with Gasteiger partial charge in [-0.1, -0.05) is 52.4 Å². The Balaban J connectivity index is 2.94. The highest BCUT2D eigenvalue weighted by molar-refractivity contribution is 7.80. The van der Waals surface area contributed by atoms with E-state index in [2.05, 4.69) is 29.8 Å². The van der Waals surface area contributed by atoms with Gasteiger partial charge in [0.25, 0.3) is 5.69 Å². The molecule has 0 bridgehead atoms. The molecule has 0 fully saturated rings. The molecular weight excluding hydrogens is 446 g/mol. The first kappa shape index (κ1) is 28.0. The first-order valence-corrected chi connectivity index (χ1v) is 12.3. The second-order valence-corrected chi connectivity index (χ2v) is 8.36. The van der Waals surface area contributed by atoms with Crippen molar-refractivity contribution in [2.75, 3.05) is 36.5 Å². The molecule has 0 aromatic heterocycles. The lowest BCUT2D eigenvalue weighted by molar-refractivity contribution is -0.384. The number of hydrogen-bond donors (Lipinski definition) is 4. The SMILES string of the molecule is CCCCCCNC(=S)Nc1cc([N+](=O)[O-])ccc1N(CCO)C(=S)NCCCCCC. The highest BCUT2D eigenvalue weighted by atomic mass is 32.1. The lowest BCUT2D eigenvalue weighted by Crippen LogP contribution is -2.42. The zero-order valence-electron chi connectivity index (χ0n) is 19.2. The maximum atomic E-state index is 11.3. The van der Waals surface area contributed by atoms with E-state index in [1.165, 1.54) is 25.0 Å². The van der Waals surface area contributed by atoms with Gasteiger partial charge in [0, 0.05) is 31.8 Å². The third-order valence-corrected chi connectivity index (χ3v) is 5.53. The Kier molecular flexibility index (Phi) is 14.5. The van der Waals surface area contributed by atoms with Gasteiger partial charge in [0.15, 0.2) is 10.2 Å². The number of nitro groups is 1. The van der Waals surface area contributed by atoms with Gasteiger partial charge in [-0.25, -0.2) is 0 Å². The third-order valence-electron chi connectivity index (χ3n) is 4.92. The van der Waals surface area contributed by atoms with Gasteiger partial charge in [0.1, 0.15) is 0 Å². The smallest absolute Gasteiger partial charge is 0.271 e. The highest BCUT2D eigenvalue weighted by Crippen LogP contribution is 2.30. The Hall–Kier alpha value is -2.04. The number of thiocarbonyl (C=S) groups is 2. The number of aliphatic hydroxyl groups is 1. The summed E-state index contributed by atoms with van der Waals surface area (Å²) in [5.41, 5.74) is 1.03. The monoisotopic (exact) mass is 483 g/mol. The van der Waals surface area contributed by atoms with E-state index in [0.717, 1.165) is 51.6 Å². The normalized spacial score (nSPS) is 10.5. The molecule has 0 aliphatic carbocycles. The van der Waals surface area contributed by atoms with Gasteiger partial charge in [-0.15, -0.1) is 0 Å². The summed E-state index contributed by atoms with van der Waals surface area (Å²) in [6.45, 7) is 5.92. The fourth-order valence-electron chi connectivity index (χ4n) is 3.17. The maximum Gasteiger partial charge on any atom is 0.271 e. The topological polar surface area (TPSA) is 103 Å². The van der Waals surface area contributed by atoms with Gasteiger partial charge in [-0.3, -0.25) is 10.1 Å². The van der Waals surface area contributed by atoms with E-state index in [-0.39, 0.29) is 18.8 Å². The molecule has 1 aromatic carbocycles. The van der Waals surface area contributed by atoms with Crippen molar-refractivity contribution >= 4 is 51.7 Å². The van der Waals surface area contributed by atoms with E-state index in [4.69, 9.17) is 24.4 Å². The predicted octanol–water partition coefficient (Wildman–Crippen LogP) is 4.72.